The van der Waals surface area contributed by atoms with Crippen LogP contribution in [0.2, 0.25) is 10.0 Å². The predicted molar refractivity (Wildman–Crippen MR) is 135 cm³/mol. The number of carbonyl (C=O) groups excluding carboxylic acids is 2. The third-order valence-corrected chi connectivity index (χ3v) is 6.78. The van der Waals surface area contributed by atoms with Gasteiger partial charge < -0.3 is 4.90 Å². The Balaban J connectivity index is 1.41. The lowest BCUT2D eigenvalue weighted by Gasteiger charge is -2.29. The molecule has 0 spiro atoms. The van der Waals surface area contributed by atoms with E-state index in [-0.39, 0.29) is 20.7 Å². The van der Waals surface area contributed by atoms with Crippen molar-refractivity contribution in [1.29, 1.82) is 0 Å². The molecular weight excluding hydrogens is 477 g/mol. The monoisotopic (exact) mass is 493 g/mol. The molecule has 5 rings (SSSR count). The maximum Gasteiger partial charge on any atom is 0.270 e. The highest BCUT2D eigenvalue weighted by Crippen LogP contribution is 2.34. The largest absolute Gasteiger partial charge is 0.363 e. The van der Waals surface area contributed by atoms with Gasteiger partial charge in [-0.15, -0.1) is 0 Å². The van der Waals surface area contributed by atoms with Crippen molar-refractivity contribution in [2.45, 2.75) is 13.1 Å². The number of nitrogens with one attached hydrogen (secondary N) is 1. The van der Waals surface area contributed by atoms with Crippen LogP contribution in [0.15, 0.2) is 72.3 Å². The van der Waals surface area contributed by atoms with Crippen LogP contribution in [0.3, 0.4) is 0 Å². The quantitative estimate of drug-likeness (QED) is 0.303. The third-order valence-electron chi connectivity index (χ3n) is 5.68. The van der Waals surface area contributed by atoms with Gasteiger partial charge in [-0.1, -0.05) is 65.7 Å². The number of carbonyl (C=O) groups is 2. The van der Waals surface area contributed by atoms with E-state index < -0.39 is 11.8 Å². The van der Waals surface area contributed by atoms with Gasteiger partial charge in [0.25, 0.3) is 11.8 Å². The van der Waals surface area contributed by atoms with Gasteiger partial charge in [0.2, 0.25) is 0 Å². The van der Waals surface area contributed by atoms with Crippen LogP contribution >= 0.6 is 35.4 Å². The van der Waals surface area contributed by atoms with Gasteiger partial charge in [-0.3, -0.25) is 19.8 Å². The molecule has 1 fully saturated rings. The standard InChI is InChI=1S/C25H17Cl2N3O2S/c26-20-6-3-7-21(22(20)27)30-24(32)19(23(31)28-25(30)33)12-15-8-10-18(11-9-15)29-13-16-4-1-2-5-17(16)14-29/h1-12H,13-14H2,(H,28,31,33)/b19-12+. The highest BCUT2D eigenvalue weighted by atomic mass is 35.5. The summed E-state index contributed by atoms with van der Waals surface area (Å²) in [5.74, 6) is -1.12. The fraction of sp³-hybridized carbons (Fsp3) is 0.0800. The molecule has 2 amide bonds. The fourth-order valence-electron chi connectivity index (χ4n) is 4.01. The number of halogens is 2. The molecule has 0 aromatic heterocycles. The van der Waals surface area contributed by atoms with E-state index in [0.29, 0.717) is 5.69 Å². The Morgan fingerprint density at radius 2 is 1.55 bits per heavy atom. The number of fused-ring (bicyclic) bond motifs is 1. The van der Waals surface area contributed by atoms with Gasteiger partial charge in [0.1, 0.15) is 5.57 Å². The first-order chi connectivity index (χ1) is 15.9. The van der Waals surface area contributed by atoms with Crippen LogP contribution in [0.1, 0.15) is 16.7 Å². The molecule has 1 saturated heterocycles. The van der Waals surface area contributed by atoms with E-state index in [1.165, 1.54) is 16.0 Å². The third kappa shape index (κ3) is 4.02. The van der Waals surface area contributed by atoms with Crippen LogP contribution in [0, 0.1) is 0 Å². The zero-order valence-electron chi connectivity index (χ0n) is 17.2. The zero-order valence-corrected chi connectivity index (χ0v) is 19.5. The van der Waals surface area contributed by atoms with E-state index in [0.717, 1.165) is 24.3 Å². The van der Waals surface area contributed by atoms with E-state index in [1.54, 1.807) is 24.3 Å². The molecule has 3 aromatic rings. The van der Waals surface area contributed by atoms with Crippen LogP contribution in [0.4, 0.5) is 11.4 Å². The second-order valence-electron chi connectivity index (χ2n) is 7.75. The lowest BCUT2D eigenvalue weighted by molar-refractivity contribution is -0.122. The Morgan fingerprint density at radius 3 is 2.21 bits per heavy atom. The number of rotatable bonds is 3. The van der Waals surface area contributed by atoms with Gasteiger partial charge in [0.05, 0.1) is 15.7 Å². The minimum absolute atomic E-state index is 0.0408. The Bertz CT molecular complexity index is 1310. The molecule has 8 heteroatoms. The summed E-state index contributed by atoms with van der Waals surface area (Å²) >= 11 is 17.6. The summed E-state index contributed by atoms with van der Waals surface area (Å²) in [6.45, 7) is 1.70. The molecule has 0 atom stereocenters. The van der Waals surface area contributed by atoms with Crippen LogP contribution < -0.4 is 15.1 Å². The molecule has 0 saturated carbocycles. The Kier molecular flexibility index (Phi) is 5.66. The van der Waals surface area contributed by atoms with Gasteiger partial charge in [-0.25, -0.2) is 0 Å². The highest BCUT2D eigenvalue weighted by molar-refractivity contribution is 7.80. The average Bonchev–Trinajstić information content (AvgIpc) is 3.24. The van der Waals surface area contributed by atoms with E-state index in [2.05, 4.69) is 34.5 Å². The van der Waals surface area contributed by atoms with Crippen LogP contribution in [0.25, 0.3) is 6.08 Å². The van der Waals surface area contributed by atoms with Crippen LogP contribution in [0.5, 0.6) is 0 Å². The minimum atomic E-state index is -0.563. The van der Waals surface area contributed by atoms with Crippen molar-refractivity contribution in [2.24, 2.45) is 0 Å². The van der Waals surface area contributed by atoms with E-state index in [4.69, 9.17) is 35.4 Å². The second kappa shape index (κ2) is 8.63. The molecule has 33 heavy (non-hydrogen) atoms. The van der Waals surface area contributed by atoms with Gasteiger partial charge in [0, 0.05) is 18.8 Å². The lowest BCUT2D eigenvalue weighted by Crippen LogP contribution is -2.54. The topological polar surface area (TPSA) is 52.7 Å². The normalized spacial score (nSPS) is 16.9. The van der Waals surface area contributed by atoms with Crippen LogP contribution in [-0.4, -0.2) is 16.9 Å². The first-order valence-electron chi connectivity index (χ1n) is 10.2. The molecule has 2 aliphatic heterocycles. The molecule has 0 radical (unpaired) electrons. The summed E-state index contributed by atoms with van der Waals surface area (Å²) < 4.78 is 0. The number of amides is 2. The summed E-state index contributed by atoms with van der Waals surface area (Å²) in [4.78, 5) is 29.3. The molecule has 0 aliphatic carbocycles. The zero-order chi connectivity index (χ0) is 23.1. The maximum atomic E-state index is 13.2. The number of hydrogen-bond acceptors (Lipinski definition) is 4. The first kappa shape index (κ1) is 21.6. The number of thiocarbonyl (C=S) groups is 1. The second-order valence-corrected chi connectivity index (χ2v) is 8.92. The summed E-state index contributed by atoms with van der Waals surface area (Å²) in [5, 5.41) is 2.98. The molecule has 1 N–H and O–H groups in total. The highest BCUT2D eigenvalue weighted by Gasteiger charge is 2.35. The summed E-state index contributed by atoms with van der Waals surface area (Å²) in [5.41, 5.74) is 4.71. The summed E-state index contributed by atoms with van der Waals surface area (Å²) in [7, 11) is 0. The smallest absolute Gasteiger partial charge is 0.270 e. The predicted octanol–water partition coefficient (Wildman–Crippen LogP) is 5.34. The first-order valence-corrected chi connectivity index (χ1v) is 11.4. The number of nitrogens with zero attached hydrogens (tertiary/aromatic N) is 2. The minimum Gasteiger partial charge on any atom is -0.363 e. The number of hydrogen-bond donors (Lipinski definition) is 1. The molecule has 2 heterocycles. The van der Waals surface area contributed by atoms with Crippen LogP contribution in [-0.2, 0) is 22.7 Å². The lowest BCUT2D eigenvalue weighted by atomic mass is 10.1. The van der Waals surface area contributed by atoms with E-state index >= 15 is 0 Å². The molecule has 0 unspecified atom stereocenters. The number of anilines is 2. The van der Waals surface area contributed by atoms with Crippen molar-refractivity contribution in [2.75, 3.05) is 9.80 Å². The molecule has 5 nitrogen and oxygen atoms in total. The molecule has 164 valence electrons. The van der Waals surface area contributed by atoms with Gasteiger partial charge in [-0.2, -0.15) is 0 Å². The average molecular weight is 494 g/mol. The Labute approximate surface area is 206 Å². The maximum absolute atomic E-state index is 13.2. The summed E-state index contributed by atoms with van der Waals surface area (Å²) in [6, 6.07) is 21.0. The van der Waals surface area contributed by atoms with Crippen molar-refractivity contribution in [3.05, 3.63) is 99.0 Å². The summed E-state index contributed by atoms with van der Waals surface area (Å²) in [6.07, 6.45) is 1.55. The van der Waals surface area contributed by atoms with E-state index in [1.807, 2.05) is 24.3 Å². The van der Waals surface area contributed by atoms with Crippen molar-refractivity contribution < 1.29 is 9.59 Å². The fourth-order valence-corrected chi connectivity index (χ4v) is 4.66. The SMILES string of the molecule is O=C1NC(=S)N(c2cccc(Cl)c2Cl)C(=O)/C1=C/c1ccc(N2Cc3ccccc3C2)cc1. The van der Waals surface area contributed by atoms with Crippen molar-refractivity contribution in [1.82, 2.24) is 5.32 Å². The van der Waals surface area contributed by atoms with Gasteiger partial charge >= 0.3 is 0 Å². The van der Waals surface area contributed by atoms with Crippen molar-refractivity contribution >= 4 is 69.8 Å². The Hall–Kier alpha value is -3.19. The Morgan fingerprint density at radius 1 is 0.879 bits per heavy atom. The van der Waals surface area contributed by atoms with E-state index in [9.17, 15) is 9.59 Å². The van der Waals surface area contributed by atoms with Gasteiger partial charge in [0.15, 0.2) is 5.11 Å². The van der Waals surface area contributed by atoms with Crippen molar-refractivity contribution in [3.63, 3.8) is 0 Å². The van der Waals surface area contributed by atoms with Gasteiger partial charge in [-0.05, 0) is 59.2 Å². The molecular formula is C25H17Cl2N3O2S. The molecule has 0 bridgehead atoms. The van der Waals surface area contributed by atoms with Crippen molar-refractivity contribution in [3.8, 4) is 0 Å². The molecule has 2 aliphatic rings. The molecule has 3 aromatic carbocycles. The number of benzene rings is 3.